The van der Waals surface area contributed by atoms with Crippen molar-refractivity contribution in [3.63, 3.8) is 0 Å². The van der Waals surface area contributed by atoms with Crippen molar-refractivity contribution in [1.82, 2.24) is 4.98 Å². The van der Waals surface area contributed by atoms with Gasteiger partial charge in [0.2, 0.25) is 5.91 Å². The van der Waals surface area contributed by atoms with Gasteiger partial charge in [-0.1, -0.05) is 24.3 Å². The van der Waals surface area contributed by atoms with Crippen LogP contribution in [0.3, 0.4) is 0 Å². The van der Waals surface area contributed by atoms with Crippen molar-refractivity contribution in [2.75, 3.05) is 12.4 Å². The summed E-state index contributed by atoms with van der Waals surface area (Å²) in [6, 6.07) is 8.03. The molecule has 4 nitrogen and oxygen atoms in total. The number of amides is 1. The van der Waals surface area contributed by atoms with Gasteiger partial charge in [-0.05, 0) is 42.4 Å². The van der Waals surface area contributed by atoms with Crippen LogP contribution in [0.1, 0.15) is 23.3 Å². The molecule has 0 spiro atoms. The third-order valence-corrected chi connectivity index (χ3v) is 5.85. The van der Waals surface area contributed by atoms with Gasteiger partial charge in [0, 0.05) is 23.4 Å². The zero-order valence-corrected chi connectivity index (χ0v) is 14.4. The Morgan fingerprint density at radius 2 is 2.12 bits per heavy atom. The second-order valence-electron chi connectivity index (χ2n) is 6.53. The van der Waals surface area contributed by atoms with E-state index in [1.165, 1.54) is 5.56 Å². The largest absolute Gasteiger partial charge is 0.497 e. The molecule has 2 bridgehead atoms. The number of hydrogen-bond donors (Lipinski definition) is 1. The summed E-state index contributed by atoms with van der Waals surface area (Å²) >= 11 is 1.55. The van der Waals surface area contributed by atoms with Crippen molar-refractivity contribution >= 4 is 22.4 Å². The van der Waals surface area contributed by atoms with Crippen LogP contribution in [-0.4, -0.2) is 18.0 Å². The zero-order valence-electron chi connectivity index (χ0n) is 13.6. The Kier molecular flexibility index (Phi) is 4.10. The van der Waals surface area contributed by atoms with Gasteiger partial charge in [-0.2, -0.15) is 0 Å². The van der Waals surface area contributed by atoms with Crippen LogP contribution in [0.5, 0.6) is 5.75 Å². The maximum absolute atomic E-state index is 12.5. The molecule has 1 amide bonds. The molecule has 24 heavy (non-hydrogen) atoms. The number of anilines is 1. The number of rotatable bonds is 5. The summed E-state index contributed by atoms with van der Waals surface area (Å²) in [4.78, 5) is 18.0. The minimum Gasteiger partial charge on any atom is -0.497 e. The summed E-state index contributed by atoms with van der Waals surface area (Å²) in [6.07, 6.45) is 9.25. The third-order valence-electron chi connectivity index (χ3n) is 4.94. The Morgan fingerprint density at radius 3 is 2.79 bits per heavy atom. The summed E-state index contributed by atoms with van der Waals surface area (Å²) in [7, 11) is 1.67. The molecule has 0 saturated heterocycles. The molecule has 0 aliphatic heterocycles. The standard InChI is InChI=1S/C19H20N2O2S/c1-23-15-6-3-12(4-7-15)9-16-11-20-19(24-16)21-18(22)17-10-13-2-5-14(17)8-13/h2-7,11,13-14,17H,8-10H2,1H3,(H,20,21,22)/t13-,14+,17-/m1/s1. The molecular weight excluding hydrogens is 320 g/mol. The van der Waals surface area contributed by atoms with Crippen LogP contribution in [-0.2, 0) is 11.2 Å². The van der Waals surface area contributed by atoms with E-state index in [1.54, 1.807) is 18.4 Å². The summed E-state index contributed by atoms with van der Waals surface area (Å²) in [6.45, 7) is 0. The van der Waals surface area contributed by atoms with E-state index in [0.717, 1.165) is 29.9 Å². The van der Waals surface area contributed by atoms with Gasteiger partial charge < -0.3 is 10.1 Å². The number of ether oxygens (including phenoxy) is 1. The molecule has 1 heterocycles. The first kappa shape index (κ1) is 15.4. The van der Waals surface area contributed by atoms with Crippen molar-refractivity contribution in [2.24, 2.45) is 17.8 Å². The number of thiazole rings is 1. The maximum Gasteiger partial charge on any atom is 0.229 e. The van der Waals surface area contributed by atoms with Crippen molar-refractivity contribution in [3.8, 4) is 5.75 Å². The topological polar surface area (TPSA) is 51.2 Å². The van der Waals surface area contributed by atoms with Gasteiger partial charge in [0.25, 0.3) is 0 Å². The maximum atomic E-state index is 12.5. The Bertz CT molecular complexity index is 766. The first-order chi connectivity index (χ1) is 11.7. The van der Waals surface area contributed by atoms with Crippen LogP contribution in [0.2, 0.25) is 0 Å². The molecule has 2 aromatic rings. The number of carbonyl (C=O) groups excluding carboxylic acids is 1. The smallest absolute Gasteiger partial charge is 0.229 e. The SMILES string of the molecule is COc1ccc(Cc2cnc(NC(=O)[C@@H]3C[C@@H]4C=C[C@H]3C4)s2)cc1. The van der Waals surface area contributed by atoms with E-state index in [1.807, 2.05) is 18.3 Å². The van der Waals surface area contributed by atoms with Crippen LogP contribution in [0.25, 0.3) is 0 Å². The molecule has 1 aromatic carbocycles. The highest BCUT2D eigenvalue weighted by Crippen LogP contribution is 2.43. The molecule has 4 rings (SSSR count). The Labute approximate surface area is 145 Å². The lowest BCUT2D eigenvalue weighted by atomic mass is 9.93. The highest BCUT2D eigenvalue weighted by Gasteiger charge is 2.39. The van der Waals surface area contributed by atoms with Crippen LogP contribution in [0, 0.1) is 17.8 Å². The van der Waals surface area contributed by atoms with Gasteiger partial charge >= 0.3 is 0 Å². The molecule has 0 radical (unpaired) electrons. The van der Waals surface area contributed by atoms with E-state index in [0.29, 0.717) is 17.0 Å². The van der Waals surface area contributed by atoms with Gasteiger partial charge in [0.1, 0.15) is 5.75 Å². The average molecular weight is 340 g/mol. The lowest BCUT2D eigenvalue weighted by Crippen LogP contribution is -2.25. The van der Waals surface area contributed by atoms with Crippen LogP contribution in [0.4, 0.5) is 5.13 Å². The first-order valence-electron chi connectivity index (χ1n) is 8.28. The summed E-state index contributed by atoms with van der Waals surface area (Å²) < 4.78 is 5.17. The molecule has 0 unspecified atom stereocenters. The molecule has 5 heteroatoms. The minimum absolute atomic E-state index is 0.119. The normalized spacial score (nSPS) is 24.3. The second-order valence-corrected chi connectivity index (χ2v) is 7.65. The van der Waals surface area contributed by atoms with Gasteiger partial charge in [-0.25, -0.2) is 4.98 Å². The monoisotopic (exact) mass is 340 g/mol. The van der Waals surface area contributed by atoms with Gasteiger partial charge in [-0.3, -0.25) is 4.79 Å². The van der Waals surface area contributed by atoms with Gasteiger partial charge in [0.15, 0.2) is 5.13 Å². The summed E-state index contributed by atoms with van der Waals surface area (Å²) in [5.74, 6) is 2.13. The number of methoxy groups -OCH3 is 1. The summed E-state index contributed by atoms with van der Waals surface area (Å²) in [5.41, 5.74) is 1.20. The van der Waals surface area contributed by atoms with E-state index in [4.69, 9.17) is 4.74 Å². The van der Waals surface area contributed by atoms with Gasteiger partial charge in [0.05, 0.1) is 7.11 Å². The second kappa shape index (κ2) is 6.40. The van der Waals surface area contributed by atoms with E-state index in [9.17, 15) is 4.79 Å². The highest BCUT2D eigenvalue weighted by molar-refractivity contribution is 7.15. The molecule has 3 atom stereocenters. The zero-order chi connectivity index (χ0) is 16.5. The molecule has 1 saturated carbocycles. The molecule has 124 valence electrons. The van der Waals surface area contributed by atoms with E-state index in [2.05, 4.69) is 34.6 Å². The number of nitrogens with zero attached hydrogens (tertiary/aromatic N) is 1. The van der Waals surface area contributed by atoms with Crippen molar-refractivity contribution in [3.05, 3.63) is 53.1 Å². The van der Waals surface area contributed by atoms with Crippen molar-refractivity contribution in [2.45, 2.75) is 19.3 Å². The van der Waals surface area contributed by atoms with E-state index < -0.39 is 0 Å². The van der Waals surface area contributed by atoms with Crippen LogP contribution < -0.4 is 10.1 Å². The highest BCUT2D eigenvalue weighted by atomic mass is 32.1. The lowest BCUT2D eigenvalue weighted by Gasteiger charge is -2.16. The predicted molar refractivity (Wildman–Crippen MR) is 95.4 cm³/mol. The van der Waals surface area contributed by atoms with Crippen molar-refractivity contribution in [1.29, 1.82) is 0 Å². The van der Waals surface area contributed by atoms with E-state index in [-0.39, 0.29) is 11.8 Å². The number of hydrogen-bond acceptors (Lipinski definition) is 4. The number of nitrogens with one attached hydrogen (secondary N) is 1. The Balaban J connectivity index is 1.37. The number of aromatic nitrogens is 1. The van der Waals surface area contributed by atoms with Gasteiger partial charge in [-0.15, -0.1) is 11.3 Å². The Hall–Kier alpha value is -2.14. The number of benzene rings is 1. The number of carbonyl (C=O) groups is 1. The molecule has 2 aliphatic rings. The van der Waals surface area contributed by atoms with E-state index >= 15 is 0 Å². The molecule has 1 N–H and O–H groups in total. The molecular formula is C19H20N2O2S. The lowest BCUT2D eigenvalue weighted by molar-refractivity contribution is -0.120. The van der Waals surface area contributed by atoms with Crippen LogP contribution in [0.15, 0.2) is 42.6 Å². The molecule has 2 aliphatic carbocycles. The number of fused-ring (bicyclic) bond motifs is 2. The minimum atomic E-state index is 0.119. The summed E-state index contributed by atoms with van der Waals surface area (Å²) in [5, 5.41) is 3.71. The average Bonchev–Trinajstić information content (AvgIpc) is 3.32. The molecule has 1 fully saturated rings. The predicted octanol–water partition coefficient (Wildman–Crippen LogP) is 3.89. The third kappa shape index (κ3) is 3.08. The fraction of sp³-hybridized carbons (Fsp3) is 0.368. The quantitative estimate of drug-likeness (QED) is 0.840. The van der Waals surface area contributed by atoms with Crippen molar-refractivity contribution < 1.29 is 9.53 Å². The Morgan fingerprint density at radius 1 is 1.29 bits per heavy atom. The van der Waals surface area contributed by atoms with Crippen LogP contribution >= 0.6 is 11.3 Å². The molecule has 1 aromatic heterocycles. The fourth-order valence-electron chi connectivity index (χ4n) is 3.67. The fourth-order valence-corrected chi connectivity index (χ4v) is 4.52. The number of allylic oxidation sites excluding steroid dienone is 2. The first-order valence-corrected chi connectivity index (χ1v) is 9.10.